The second-order valence-corrected chi connectivity index (χ2v) is 4.94. The van der Waals surface area contributed by atoms with Gasteiger partial charge in [-0.05, 0) is 35.4 Å². The maximum atomic E-state index is 6.06. The van der Waals surface area contributed by atoms with E-state index >= 15 is 0 Å². The van der Waals surface area contributed by atoms with Gasteiger partial charge in [-0.2, -0.15) is 0 Å². The Morgan fingerprint density at radius 2 is 1.70 bits per heavy atom. The van der Waals surface area contributed by atoms with Crippen molar-refractivity contribution in [3.8, 4) is 0 Å². The quantitative estimate of drug-likeness (QED) is 0.548. The molecule has 0 amide bonds. The molecule has 0 atom stereocenters. The predicted octanol–water partition coefficient (Wildman–Crippen LogP) is 4.64. The Kier molecular flexibility index (Phi) is 3.40. The molecule has 2 N–H and O–H groups in total. The van der Waals surface area contributed by atoms with Gasteiger partial charge < -0.3 is 5.73 Å². The number of hydrogen-bond donors (Lipinski definition) is 1. The number of pyridine rings is 1. The highest BCUT2D eigenvalue weighted by Crippen LogP contribution is 2.22. The molecule has 3 rings (SSSR count). The van der Waals surface area contributed by atoms with Crippen molar-refractivity contribution in [1.82, 2.24) is 4.98 Å². The first kappa shape index (κ1) is 12.7. The van der Waals surface area contributed by atoms with Crippen LogP contribution in [0.15, 0.2) is 54.6 Å². The number of nitrogen functional groups attached to an aromatic ring is 1. The maximum Gasteiger partial charge on any atom is 0.130 e. The minimum atomic E-state index is 0.501. The van der Waals surface area contributed by atoms with E-state index in [0.29, 0.717) is 5.15 Å². The fraction of sp³-hybridized carbons (Fsp3) is 0. The molecule has 0 aliphatic rings. The Morgan fingerprint density at radius 1 is 0.950 bits per heavy atom. The molecule has 0 bridgehead atoms. The summed E-state index contributed by atoms with van der Waals surface area (Å²) in [5, 5.41) is 1.59. The van der Waals surface area contributed by atoms with E-state index in [4.69, 9.17) is 17.3 Å². The summed E-state index contributed by atoms with van der Waals surface area (Å²) < 4.78 is 0. The highest BCUT2D eigenvalue weighted by molar-refractivity contribution is 6.30. The van der Waals surface area contributed by atoms with E-state index in [-0.39, 0.29) is 0 Å². The van der Waals surface area contributed by atoms with E-state index in [1.54, 1.807) is 0 Å². The van der Waals surface area contributed by atoms with Crippen LogP contribution < -0.4 is 5.73 Å². The number of para-hydroxylation sites is 1. The molecule has 3 aromatic rings. The van der Waals surface area contributed by atoms with Crippen LogP contribution in [0.25, 0.3) is 23.1 Å². The standard InChI is InChI=1S/C17H13ClN2/c18-17-11-13(15-3-1-2-4-16(15)20-17)8-5-12-6-9-14(19)10-7-12/h1-11H,19H2/b8-5-. The van der Waals surface area contributed by atoms with Crippen LogP contribution in [0.3, 0.4) is 0 Å². The van der Waals surface area contributed by atoms with Crippen LogP contribution in [0.2, 0.25) is 5.15 Å². The van der Waals surface area contributed by atoms with E-state index in [2.05, 4.69) is 4.98 Å². The van der Waals surface area contributed by atoms with Gasteiger partial charge in [0, 0.05) is 11.1 Å². The number of nitrogens with zero attached hydrogens (tertiary/aromatic N) is 1. The van der Waals surface area contributed by atoms with E-state index in [1.165, 1.54) is 0 Å². The second-order valence-electron chi connectivity index (χ2n) is 4.55. The van der Waals surface area contributed by atoms with E-state index in [9.17, 15) is 0 Å². The highest BCUT2D eigenvalue weighted by atomic mass is 35.5. The molecule has 1 aromatic heterocycles. The zero-order valence-corrected chi connectivity index (χ0v) is 11.5. The van der Waals surface area contributed by atoms with Crippen molar-refractivity contribution in [2.24, 2.45) is 0 Å². The topological polar surface area (TPSA) is 38.9 Å². The van der Waals surface area contributed by atoms with Gasteiger partial charge in [0.15, 0.2) is 0 Å². The van der Waals surface area contributed by atoms with Gasteiger partial charge in [-0.15, -0.1) is 0 Å². The number of hydrogen-bond acceptors (Lipinski definition) is 2. The van der Waals surface area contributed by atoms with Crippen molar-refractivity contribution in [2.75, 3.05) is 5.73 Å². The molecule has 0 spiro atoms. The first-order valence-corrected chi connectivity index (χ1v) is 6.69. The van der Waals surface area contributed by atoms with Crippen LogP contribution in [-0.4, -0.2) is 4.98 Å². The fourth-order valence-corrected chi connectivity index (χ4v) is 2.31. The molecule has 0 fully saturated rings. The van der Waals surface area contributed by atoms with Gasteiger partial charge in [-0.1, -0.05) is 54.1 Å². The summed E-state index contributed by atoms with van der Waals surface area (Å²) in [5.74, 6) is 0. The Hall–Kier alpha value is -2.32. The number of halogens is 1. The first-order chi connectivity index (χ1) is 9.72. The lowest BCUT2D eigenvalue weighted by Gasteiger charge is -2.03. The minimum Gasteiger partial charge on any atom is -0.399 e. The molecule has 3 heteroatoms. The molecule has 0 aliphatic carbocycles. The number of benzene rings is 2. The van der Waals surface area contributed by atoms with Crippen LogP contribution in [0, 0.1) is 0 Å². The largest absolute Gasteiger partial charge is 0.399 e. The van der Waals surface area contributed by atoms with Gasteiger partial charge >= 0.3 is 0 Å². The monoisotopic (exact) mass is 280 g/mol. The van der Waals surface area contributed by atoms with Crippen molar-refractivity contribution in [3.05, 3.63) is 70.9 Å². The molecule has 1 heterocycles. The van der Waals surface area contributed by atoms with Crippen LogP contribution in [0.1, 0.15) is 11.1 Å². The van der Waals surface area contributed by atoms with Crippen LogP contribution in [-0.2, 0) is 0 Å². The molecule has 0 aliphatic heterocycles. The number of fused-ring (bicyclic) bond motifs is 1. The van der Waals surface area contributed by atoms with Crippen molar-refractivity contribution in [3.63, 3.8) is 0 Å². The Labute approximate surface area is 122 Å². The number of aromatic nitrogens is 1. The third-order valence-electron chi connectivity index (χ3n) is 3.11. The Morgan fingerprint density at radius 3 is 2.50 bits per heavy atom. The molecule has 2 aromatic carbocycles. The van der Waals surface area contributed by atoms with Gasteiger partial charge in [-0.3, -0.25) is 0 Å². The molecule has 0 unspecified atom stereocenters. The molecular formula is C17H13ClN2. The summed E-state index contributed by atoms with van der Waals surface area (Å²) in [6.45, 7) is 0. The average Bonchev–Trinajstić information content (AvgIpc) is 2.46. The van der Waals surface area contributed by atoms with Gasteiger partial charge in [0.05, 0.1) is 5.52 Å². The smallest absolute Gasteiger partial charge is 0.130 e. The Bertz CT molecular complexity index is 777. The molecule has 2 nitrogen and oxygen atoms in total. The number of nitrogens with two attached hydrogens (primary N) is 1. The first-order valence-electron chi connectivity index (χ1n) is 6.31. The van der Waals surface area contributed by atoms with Gasteiger partial charge in [0.2, 0.25) is 0 Å². The lowest BCUT2D eigenvalue weighted by Crippen LogP contribution is -1.84. The summed E-state index contributed by atoms with van der Waals surface area (Å²) >= 11 is 6.06. The normalized spacial score (nSPS) is 11.2. The third kappa shape index (κ3) is 2.65. The van der Waals surface area contributed by atoms with E-state index < -0.39 is 0 Å². The summed E-state index contributed by atoms with van der Waals surface area (Å²) in [5.41, 5.74) is 9.49. The average molecular weight is 281 g/mol. The molecular weight excluding hydrogens is 268 g/mol. The number of anilines is 1. The Balaban J connectivity index is 2.04. The van der Waals surface area contributed by atoms with E-state index in [0.717, 1.165) is 27.7 Å². The van der Waals surface area contributed by atoms with Crippen molar-refractivity contribution in [2.45, 2.75) is 0 Å². The zero-order valence-electron chi connectivity index (χ0n) is 10.8. The van der Waals surface area contributed by atoms with Crippen LogP contribution >= 0.6 is 11.6 Å². The van der Waals surface area contributed by atoms with E-state index in [1.807, 2.05) is 66.7 Å². The van der Waals surface area contributed by atoms with Crippen LogP contribution in [0.5, 0.6) is 0 Å². The second kappa shape index (κ2) is 5.35. The molecule has 0 saturated carbocycles. The fourth-order valence-electron chi connectivity index (χ4n) is 2.10. The van der Waals surface area contributed by atoms with Gasteiger partial charge in [0.25, 0.3) is 0 Å². The van der Waals surface area contributed by atoms with Crippen molar-refractivity contribution in [1.29, 1.82) is 0 Å². The highest BCUT2D eigenvalue weighted by Gasteiger charge is 2.01. The summed E-state index contributed by atoms with van der Waals surface area (Å²) in [4.78, 5) is 4.32. The molecule has 0 radical (unpaired) electrons. The summed E-state index contributed by atoms with van der Waals surface area (Å²) in [6.07, 6.45) is 4.08. The lowest BCUT2D eigenvalue weighted by molar-refractivity contribution is 1.40. The SMILES string of the molecule is Nc1ccc(/C=C\c2cc(Cl)nc3ccccc23)cc1. The predicted molar refractivity (Wildman–Crippen MR) is 86.5 cm³/mol. The molecule has 0 saturated heterocycles. The number of rotatable bonds is 2. The van der Waals surface area contributed by atoms with Gasteiger partial charge in [0.1, 0.15) is 5.15 Å². The van der Waals surface area contributed by atoms with Crippen molar-refractivity contribution >= 4 is 40.3 Å². The zero-order chi connectivity index (χ0) is 13.9. The third-order valence-corrected chi connectivity index (χ3v) is 3.30. The van der Waals surface area contributed by atoms with Gasteiger partial charge in [-0.25, -0.2) is 4.98 Å². The summed E-state index contributed by atoms with van der Waals surface area (Å²) in [6, 6.07) is 17.6. The minimum absolute atomic E-state index is 0.501. The van der Waals surface area contributed by atoms with Crippen molar-refractivity contribution < 1.29 is 0 Å². The maximum absolute atomic E-state index is 6.06. The van der Waals surface area contributed by atoms with Crippen LogP contribution in [0.4, 0.5) is 5.69 Å². The molecule has 98 valence electrons. The lowest BCUT2D eigenvalue weighted by atomic mass is 10.1. The summed E-state index contributed by atoms with van der Waals surface area (Å²) in [7, 11) is 0. The molecule has 20 heavy (non-hydrogen) atoms.